The van der Waals surface area contributed by atoms with E-state index in [-0.39, 0.29) is 5.91 Å². The summed E-state index contributed by atoms with van der Waals surface area (Å²) in [4.78, 5) is 13.3. The van der Waals surface area contributed by atoms with Crippen LogP contribution in [-0.2, 0) is 11.2 Å². The van der Waals surface area contributed by atoms with Crippen LogP contribution < -0.4 is 4.90 Å². The van der Waals surface area contributed by atoms with Gasteiger partial charge in [-0.1, -0.05) is 12.1 Å². The van der Waals surface area contributed by atoms with Gasteiger partial charge in [-0.25, -0.2) is 0 Å². The van der Waals surface area contributed by atoms with Crippen molar-refractivity contribution in [3.63, 3.8) is 0 Å². The summed E-state index contributed by atoms with van der Waals surface area (Å²) in [6.45, 7) is 2.70. The first-order chi connectivity index (χ1) is 7.24. The second-order valence-corrected chi connectivity index (χ2v) is 4.13. The highest BCUT2D eigenvalue weighted by atomic mass is 32.1. The molecule has 2 heterocycles. The first kappa shape index (κ1) is 10.5. The van der Waals surface area contributed by atoms with Gasteiger partial charge in [0.1, 0.15) is 0 Å². The predicted octanol–water partition coefficient (Wildman–Crippen LogP) is 1.52. The zero-order chi connectivity index (χ0) is 10.8. The Bertz CT molecular complexity index is 364. The zero-order valence-corrected chi connectivity index (χ0v) is 9.54. The Balaban J connectivity index is 2.14. The standard InChI is InChI=1S/C10H14N2O2S/c1-2-8-4-10(14-11-8)12-5-7(6-15)3-9(12)13/h4,7,15H,2-3,5-6H2,1H3. The maximum absolute atomic E-state index is 11.6. The fourth-order valence-corrected chi connectivity index (χ4v) is 1.96. The predicted molar refractivity (Wildman–Crippen MR) is 60.2 cm³/mol. The van der Waals surface area contributed by atoms with E-state index < -0.39 is 0 Å². The van der Waals surface area contributed by atoms with Crippen LogP contribution >= 0.6 is 12.6 Å². The van der Waals surface area contributed by atoms with Crippen LogP contribution in [0.15, 0.2) is 10.6 Å². The molecule has 5 heteroatoms. The second kappa shape index (κ2) is 4.26. The average Bonchev–Trinajstić information content (AvgIpc) is 2.83. The monoisotopic (exact) mass is 226 g/mol. The summed E-state index contributed by atoms with van der Waals surface area (Å²) >= 11 is 4.21. The van der Waals surface area contributed by atoms with Gasteiger partial charge in [-0.3, -0.25) is 9.69 Å². The molecule has 1 aliphatic heterocycles. The van der Waals surface area contributed by atoms with Crippen LogP contribution in [-0.4, -0.2) is 23.4 Å². The highest BCUT2D eigenvalue weighted by Crippen LogP contribution is 2.26. The first-order valence-corrected chi connectivity index (χ1v) is 5.74. The summed E-state index contributed by atoms with van der Waals surface area (Å²) in [5, 5.41) is 3.88. The molecule has 0 saturated carbocycles. The summed E-state index contributed by atoms with van der Waals surface area (Å²) < 4.78 is 5.13. The summed E-state index contributed by atoms with van der Waals surface area (Å²) in [7, 11) is 0. The van der Waals surface area contributed by atoms with Crippen LogP contribution in [0.4, 0.5) is 5.88 Å². The topological polar surface area (TPSA) is 46.3 Å². The van der Waals surface area contributed by atoms with Gasteiger partial charge in [0.15, 0.2) is 0 Å². The number of carbonyl (C=O) groups excluding carboxylic acids is 1. The Morgan fingerprint density at radius 1 is 1.73 bits per heavy atom. The minimum atomic E-state index is 0.104. The van der Waals surface area contributed by atoms with Crippen molar-refractivity contribution in [3.8, 4) is 0 Å². The number of amides is 1. The summed E-state index contributed by atoms with van der Waals surface area (Å²) in [5.74, 6) is 1.74. The lowest BCUT2D eigenvalue weighted by Crippen LogP contribution is -2.24. The molecular formula is C10H14N2O2S. The van der Waals surface area contributed by atoms with Crippen molar-refractivity contribution < 1.29 is 9.32 Å². The van der Waals surface area contributed by atoms with Crippen LogP contribution in [0.1, 0.15) is 19.0 Å². The number of hydrogen-bond donors (Lipinski definition) is 1. The van der Waals surface area contributed by atoms with E-state index in [4.69, 9.17) is 4.52 Å². The van der Waals surface area contributed by atoms with Crippen LogP contribution in [0.25, 0.3) is 0 Å². The van der Waals surface area contributed by atoms with Gasteiger partial charge in [-0.15, -0.1) is 0 Å². The Hall–Kier alpha value is -0.970. The Kier molecular flexibility index (Phi) is 3.00. The average molecular weight is 226 g/mol. The third kappa shape index (κ3) is 2.02. The van der Waals surface area contributed by atoms with Crippen molar-refractivity contribution in [2.75, 3.05) is 17.2 Å². The summed E-state index contributed by atoms with van der Waals surface area (Å²) in [6, 6.07) is 1.83. The first-order valence-electron chi connectivity index (χ1n) is 5.11. The van der Waals surface area contributed by atoms with Crippen molar-refractivity contribution in [2.45, 2.75) is 19.8 Å². The second-order valence-electron chi connectivity index (χ2n) is 3.77. The molecule has 2 rings (SSSR count). The van der Waals surface area contributed by atoms with Gasteiger partial charge in [0.25, 0.3) is 0 Å². The van der Waals surface area contributed by atoms with Gasteiger partial charge in [0.2, 0.25) is 11.8 Å². The largest absolute Gasteiger partial charge is 0.338 e. The molecule has 1 atom stereocenters. The number of anilines is 1. The number of rotatable bonds is 3. The lowest BCUT2D eigenvalue weighted by atomic mass is 10.1. The van der Waals surface area contributed by atoms with Gasteiger partial charge >= 0.3 is 0 Å². The van der Waals surface area contributed by atoms with E-state index in [0.717, 1.165) is 17.9 Å². The molecular weight excluding hydrogens is 212 g/mol. The van der Waals surface area contributed by atoms with Crippen molar-refractivity contribution in [3.05, 3.63) is 11.8 Å². The molecule has 0 spiro atoms. The zero-order valence-electron chi connectivity index (χ0n) is 8.64. The quantitative estimate of drug-likeness (QED) is 0.795. The van der Waals surface area contributed by atoms with E-state index in [1.54, 1.807) is 4.90 Å². The molecule has 0 aliphatic carbocycles. The smallest absolute Gasteiger partial charge is 0.234 e. The van der Waals surface area contributed by atoms with Gasteiger partial charge in [-0.2, -0.15) is 12.6 Å². The molecule has 1 aromatic rings. The number of thiol groups is 1. The van der Waals surface area contributed by atoms with Gasteiger partial charge in [0, 0.05) is 19.0 Å². The molecule has 1 fully saturated rings. The van der Waals surface area contributed by atoms with E-state index in [0.29, 0.717) is 24.8 Å². The van der Waals surface area contributed by atoms with Crippen molar-refractivity contribution in [1.29, 1.82) is 0 Å². The number of nitrogens with zero attached hydrogens (tertiary/aromatic N) is 2. The fraction of sp³-hybridized carbons (Fsp3) is 0.600. The number of aryl methyl sites for hydroxylation is 1. The van der Waals surface area contributed by atoms with Crippen molar-refractivity contribution in [2.24, 2.45) is 5.92 Å². The van der Waals surface area contributed by atoms with Gasteiger partial charge < -0.3 is 4.52 Å². The molecule has 1 unspecified atom stereocenters. The van der Waals surface area contributed by atoms with Crippen molar-refractivity contribution in [1.82, 2.24) is 5.16 Å². The SMILES string of the molecule is CCc1cc(N2CC(CS)CC2=O)on1. The number of carbonyl (C=O) groups is 1. The molecule has 82 valence electrons. The lowest BCUT2D eigenvalue weighted by Gasteiger charge is -2.10. The van der Waals surface area contributed by atoms with Crippen LogP contribution in [0.2, 0.25) is 0 Å². The fourth-order valence-electron chi connectivity index (χ4n) is 1.71. The third-order valence-corrected chi connectivity index (χ3v) is 3.15. The van der Waals surface area contributed by atoms with E-state index in [2.05, 4.69) is 17.8 Å². The number of aromatic nitrogens is 1. The molecule has 1 aliphatic rings. The number of hydrogen-bond acceptors (Lipinski definition) is 4. The molecule has 0 N–H and O–H groups in total. The Morgan fingerprint density at radius 2 is 2.53 bits per heavy atom. The molecule has 0 aromatic carbocycles. The summed E-state index contributed by atoms with van der Waals surface area (Å²) in [6.07, 6.45) is 1.38. The van der Waals surface area contributed by atoms with Crippen LogP contribution in [0.5, 0.6) is 0 Å². The molecule has 0 radical (unpaired) electrons. The lowest BCUT2D eigenvalue weighted by molar-refractivity contribution is -0.117. The highest BCUT2D eigenvalue weighted by molar-refractivity contribution is 7.80. The van der Waals surface area contributed by atoms with E-state index in [9.17, 15) is 4.79 Å². The highest BCUT2D eigenvalue weighted by Gasteiger charge is 2.31. The molecule has 1 saturated heterocycles. The summed E-state index contributed by atoms with van der Waals surface area (Å²) in [5.41, 5.74) is 0.882. The van der Waals surface area contributed by atoms with Crippen LogP contribution in [0.3, 0.4) is 0 Å². The van der Waals surface area contributed by atoms with E-state index in [1.165, 1.54) is 0 Å². The molecule has 4 nitrogen and oxygen atoms in total. The van der Waals surface area contributed by atoms with Crippen molar-refractivity contribution >= 4 is 24.4 Å². The maximum atomic E-state index is 11.6. The van der Waals surface area contributed by atoms with Crippen LogP contribution in [0, 0.1) is 5.92 Å². The van der Waals surface area contributed by atoms with E-state index >= 15 is 0 Å². The molecule has 15 heavy (non-hydrogen) atoms. The molecule has 0 bridgehead atoms. The third-order valence-electron chi connectivity index (χ3n) is 2.64. The molecule has 1 aromatic heterocycles. The maximum Gasteiger partial charge on any atom is 0.234 e. The minimum Gasteiger partial charge on any atom is -0.338 e. The minimum absolute atomic E-state index is 0.104. The van der Waals surface area contributed by atoms with Gasteiger partial charge in [-0.05, 0) is 18.1 Å². The van der Waals surface area contributed by atoms with E-state index in [1.807, 2.05) is 13.0 Å². The van der Waals surface area contributed by atoms with Gasteiger partial charge in [0.05, 0.1) is 5.69 Å². The normalized spacial score (nSPS) is 21.3. The molecule has 1 amide bonds. The Morgan fingerprint density at radius 3 is 3.07 bits per heavy atom. The Labute approximate surface area is 94.0 Å².